The molecule has 1 saturated heterocycles. The van der Waals surface area contributed by atoms with E-state index in [-0.39, 0.29) is 18.2 Å². The molecule has 2 aromatic carbocycles. The number of hydrogen-bond acceptors (Lipinski definition) is 2. The van der Waals surface area contributed by atoms with Crippen LogP contribution in [-0.4, -0.2) is 29.8 Å². The predicted molar refractivity (Wildman–Crippen MR) is 100 cm³/mol. The number of rotatable bonds is 4. The summed E-state index contributed by atoms with van der Waals surface area (Å²) in [6.07, 6.45) is 2.23. The molecule has 1 N–H and O–H groups in total. The fourth-order valence-corrected chi connectivity index (χ4v) is 3.35. The number of halogens is 2. The first kappa shape index (κ1) is 17.8. The molecule has 4 nitrogen and oxygen atoms in total. The van der Waals surface area contributed by atoms with Crippen molar-refractivity contribution in [1.82, 2.24) is 4.90 Å². The van der Waals surface area contributed by atoms with Gasteiger partial charge in [0.2, 0.25) is 5.91 Å². The zero-order valence-electron chi connectivity index (χ0n) is 13.6. The molecule has 2 amide bonds. The Kier molecular flexibility index (Phi) is 5.61. The van der Waals surface area contributed by atoms with Gasteiger partial charge >= 0.3 is 0 Å². The molecule has 0 aromatic heterocycles. The summed E-state index contributed by atoms with van der Waals surface area (Å²) in [5, 5.41) is 3.81. The smallest absolute Gasteiger partial charge is 0.253 e. The van der Waals surface area contributed by atoms with Crippen molar-refractivity contribution in [3.05, 3.63) is 63.6 Å². The number of carbonyl (C=O) groups excluding carboxylic acids is 2. The lowest BCUT2D eigenvalue weighted by molar-refractivity contribution is -0.115. The van der Waals surface area contributed by atoms with E-state index in [1.54, 1.807) is 42.5 Å². The molecule has 6 heteroatoms. The van der Waals surface area contributed by atoms with Gasteiger partial charge in [0.05, 0.1) is 6.42 Å². The Labute approximate surface area is 156 Å². The largest absolute Gasteiger partial charge is 0.339 e. The Morgan fingerprint density at radius 2 is 1.80 bits per heavy atom. The highest BCUT2D eigenvalue weighted by molar-refractivity contribution is 6.35. The van der Waals surface area contributed by atoms with Crippen LogP contribution in [0.1, 0.15) is 28.8 Å². The van der Waals surface area contributed by atoms with Crippen LogP contribution in [0, 0.1) is 0 Å². The first-order chi connectivity index (χ1) is 12.0. The summed E-state index contributed by atoms with van der Waals surface area (Å²) in [4.78, 5) is 26.5. The van der Waals surface area contributed by atoms with E-state index in [0.717, 1.165) is 25.9 Å². The molecule has 0 atom stereocenters. The number of anilines is 1. The van der Waals surface area contributed by atoms with E-state index in [9.17, 15) is 9.59 Å². The number of hydrogen-bond donors (Lipinski definition) is 1. The lowest BCUT2D eigenvalue weighted by Crippen LogP contribution is -2.27. The summed E-state index contributed by atoms with van der Waals surface area (Å²) < 4.78 is 0. The summed E-state index contributed by atoms with van der Waals surface area (Å²) in [6.45, 7) is 1.59. The molecule has 0 saturated carbocycles. The second-order valence-electron chi connectivity index (χ2n) is 6.04. The number of nitrogens with zero attached hydrogens (tertiary/aromatic N) is 1. The van der Waals surface area contributed by atoms with Crippen molar-refractivity contribution in [1.29, 1.82) is 0 Å². The summed E-state index contributed by atoms with van der Waals surface area (Å²) >= 11 is 12.0. The molecule has 1 aliphatic heterocycles. The van der Waals surface area contributed by atoms with Crippen LogP contribution >= 0.6 is 23.2 Å². The van der Waals surface area contributed by atoms with Gasteiger partial charge in [-0.1, -0.05) is 35.3 Å². The molecule has 0 spiro atoms. The van der Waals surface area contributed by atoms with Crippen LogP contribution in [0.25, 0.3) is 0 Å². The molecule has 1 aliphatic rings. The van der Waals surface area contributed by atoms with Gasteiger partial charge in [-0.05, 0) is 48.7 Å². The van der Waals surface area contributed by atoms with E-state index < -0.39 is 0 Å². The Bertz CT molecular complexity index is 802. The van der Waals surface area contributed by atoms with Crippen LogP contribution in [0.5, 0.6) is 0 Å². The monoisotopic (exact) mass is 376 g/mol. The van der Waals surface area contributed by atoms with Crippen molar-refractivity contribution in [3.63, 3.8) is 0 Å². The fourth-order valence-electron chi connectivity index (χ4n) is 2.88. The van der Waals surface area contributed by atoms with Crippen LogP contribution in [0.2, 0.25) is 10.0 Å². The lowest BCUT2D eigenvalue weighted by Gasteiger charge is -2.16. The van der Waals surface area contributed by atoms with Crippen LogP contribution in [0.4, 0.5) is 5.69 Å². The fraction of sp³-hybridized carbons (Fsp3) is 0.263. The molecule has 0 unspecified atom stereocenters. The number of benzene rings is 2. The van der Waals surface area contributed by atoms with Gasteiger partial charge in [-0.3, -0.25) is 9.59 Å². The van der Waals surface area contributed by atoms with Crippen molar-refractivity contribution in [2.45, 2.75) is 19.3 Å². The third-order valence-corrected chi connectivity index (χ3v) is 4.74. The number of nitrogens with one attached hydrogen (secondary N) is 1. The molecule has 1 fully saturated rings. The molecule has 3 rings (SSSR count). The summed E-state index contributed by atoms with van der Waals surface area (Å²) in [6, 6.07) is 12.1. The van der Waals surface area contributed by atoms with E-state index in [1.807, 2.05) is 4.90 Å². The number of amides is 2. The average Bonchev–Trinajstić information content (AvgIpc) is 3.11. The molecular weight excluding hydrogens is 359 g/mol. The minimum atomic E-state index is -0.199. The normalized spacial score (nSPS) is 13.8. The molecular formula is C19H18Cl2N2O2. The molecule has 130 valence electrons. The van der Waals surface area contributed by atoms with E-state index in [4.69, 9.17) is 23.2 Å². The highest BCUT2D eigenvalue weighted by Gasteiger charge is 2.19. The minimum absolute atomic E-state index is 0.00865. The Morgan fingerprint density at radius 3 is 2.52 bits per heavy atom. The van der Waals surface area contributed by atoms with Gasteiger partial charge in [0.25, 0.3) is 5.91 Å². The third kappa shape index (κ3) is 4.53. The van der Waals surface area contributed by atoms with Gasteiger partial charge in [-0.25, -0.2) is 0 Å². The van der Waals surface area contributed by atoms with Crippen molar-refractivity contribution in [2.24, 2.45) is 0 Å². The quantitative estimate of drug-likeness (QED) is 0.858. The first-order valence-electron chi connectivity index (χ1n) is 8.16. The standard InChI is InChI=1S/C19H18Cl2N2O2/c20-15-7-6-13(17(21)12-15)11-18(24)22-16-5-3-4-14(10-16)19(25)23-8-1-2-9-23/h3-7,10,12H,1-2,8-9,11H2,(H,22,24). The summed E-state index contributed by atoms with van der Waals surface area (Å²) in [7, 11) is 0. The molecule has 2 aromatic rings. The highest BCUT2D eigenvalue weighted by Crippen LogP contribution is 2.22. The van der Waals surface area contributed by atoms with E-state index in [0.29, 0.717) is 26.9 Å². The predicted octanol–water partition coefficient (Wildman–Crippen LogP) is 4.41. The first-order valence-corrected chi connectivity index (χ1v) is 8.91. The summed E-state index contributed by atoms with van der Waals surface area (Å²) in [5.41, 5.74) is 1.89. The second kappa shape index (κ2) is 7.89. The average molecular weight is 377 g/mol. The van der Waals surface area contributed by atoms with E-state index in [1.165, 1.54) is 0 Å². The topological polar surface area (TPSA) is 49.4 Å². The molecule has 0 aliphatic carbocycles. The van der Waals surface area contributed by atoms with Gasteiger partial charge in [-0.15, -0.1) is 0 Å². The third-order valence-electron chi connectivity index (χ3n) is 4.15. The Balaban J connectivity index is 1.67. The maximum absolute atomic E-state index is 12.4. The molecule has 0 radical (unpaired) electrons. The lowest BCUT2D eigenvalue weighted by atomic mass is 10.1. The van der Waals surface area contributed by atoms with Gasteiger partial charge in [0.15, 0.2) is 0 Å². The Morgan fingerprint density at radius 1 is 1.04 bits per heavy atom. The van der Waals surface area contributed by atoms with Crippen LogP contribution < -0.4 is 5.32 Å². The van der Waals surface area contributed by atoms with Crippen LogP contribution in [-0.2, 0) is 11.2 Å². The molecule has 1 heterocycles. The highest BCUT2D eigenvalue weighted by atomic mass is 35.5. The molecule has 25 heavy (non-hydrogen) atoms. The van der Waals surface area contributed by atoms with Gasteiger partial charge < -0.3 is 10.2 Å². The van der Waals surface area contributed by atoms with E-state index in [2.05, 4.69) is 5.32 Å². The van der Waals surface area contributed by atoms with Gasteiger partial charge in [0.1, 0.15) is 0 Å². The number of likely N-dealkylation sites (tertiary alicyclic amines) is 1. The van der Waals surface area contributed by atoms with Crippen LogP contribution in [0.3, 0.4) is 0 Å². The maximum atomic E-state index is 12.4. The zero-order valence-corrected chi connectivity index (χ0v) is 15.1. The van der Waals surface area contributed by atoms with Crippen molar-refractivity contribution < 1.29 is 9.59 Å². The van der Waals surface area contributed by atoms with Crippen molar-refractivity contribution in [2.75, 3.05) is 18.4 Å². The van der Waals surface area contributed by atoms with Crippen LogP contribution in [0.15, 0.2) is 42.5 Å². The van der Waals surface area contributed by atoms with Crippen molar-refractivity contribution >= 4 is 40.7 Å². The van der Waals surface area contributed by atoms with Gasteiger partial charge in [-0.2, -0.15) is 0 Å². The maximum Gasteiger partial charge on any atom is 0.253 e. The van der Waals surface area contributed by atoms with Gasteiger partial charge in [0, 0.05) is 34.4 Å². The number of carbonyl (C=O) groups is 2. The van der Waals surface area contributed by atoms with E-state index >= 15 is 0 Å². The SMILES string of the molecule is O=C(Cc1ccc(Cl)cc1Cl)Nc1cccc(C(=O)N2CCCC2)c1. The zero-order chi connectivity index (χ0) is 17.8. The Hall–Kier alpha value is -2.04. The molecule has 0 bridgehead atoms. The summed E-state index contributed by atoms with van der Waals surface area (Å²) in [5.74, 6) is -0.190. The van der Waals surface area contributed by atoms with Crippen molar-refractivity contribution in [3.8, 4) is 0 Å². The minimum Gasteiger partial charge on any atom is -0.339 e. The second-order valence-corrected chi connectivity index (χ2v) is 6.88.